The SMILES string of the molecule is CCOc1ccccc1/C=C(\NC(=O)c1ccccc1)C(=O)Nc1ccc(SC2CC(=O)N(c3ccc(C(=O)OC)cc3)C2=O)cc1. The molecule has 5 rings (SSSR count). The summed E-state index contributed by atoms with van der Waals surface area (Å²) in [6.07, 6.45) is 1.57. The van der Waals surface area contributed by atoms with Gasteiger partial charge >= 0.3 is 5.97 Å². The lowest BCUT2D eigenvalue weighted by Crippen LogP contribution is -2.31. The van der Waals surface area contributed by atoms with Gasteiger partial charge in [0.25, 0.3) is 11.8 Å². The number of esters is 1. The Labute approximate surface area is 275 Å². The van der Waals surface area contributed by atoms with Crippen molar-refractivity contribution in [1.82, 2.24) is 5.32 Å². The Kier molecular flexibility index (Phi) is 10.5. The number of carbonyl (C=O) groups excluding carboxylic acids is 5. The van der Waals surface area contributed by atoms with Crippen LogP contribution in [0.15, 0.2) is 114 Å². The fourth-order valence-corrected chi connectivity index (χ4v) is 5.85. The van der Waals surface area contributed by atoms with Crippen LogP contribution in [0.3, 0.4) is 0 Å². The Morgan fingerprint density at radius 2 is 1.55 bits per heavy atom. The standard InChI is InChI=1S/C36H31N3O7S/c1-3-46-30-12-8-7-11-25(30)21-29(38-33(41)23-9-5-4-6-10-23)34(42)37-26-15-19-28(20-16-26)47-31-22-32(40)39(35(31)43)27-17-13-24(14-18-27)36(44)45-2/h4-21,31H,3,22H2,1-2H3,(H,37,42)(H,38,41)/b29-21-. The normalized spacial score (nSPS) is 14.5. The minimum atomic E-state index is -0.642. The topological polar surface area (TPSA) is 131 Å². The van der Waals surface area contributed by atoms with Crippen molar-refractivity contribution in [1.29, 1.82) is 0 Å². The smallest absolute Gasteiger partial charge is 0.337 e. The molecule has 4 amide bonds. The third kappa shape index (κ3) is 7.95. The van der Waals surface area contributed by atoms with E-state index in [0.717, 1.165) is 9.80 Å². The molecule has 1 aliphatic heterocycles. The predicted octanol–water partition coefficient (Wildman–Crippen LogP) is 5.71. The Morgan fingerprint density at radius 3 is 2.23 bits per heavy atom. The van der Waals surface area contributed by atoms with Crippen molar-refractivity contribution in [3.63, 3.8) is 0 Å². The van der Waals surface area contributed by atoms with Crippen molar-refractivity contribution < 1.29 is 33.4 Å². The first-order chi connectivity index (χ1) is 22.8. The van der Waals surface area contributed by atoms with Gasteiger partial charge in [-0.05, 0) is 79.7 Å². The van der Waals surface area contributed by atoms with Crippen LogP contribution in [-0.2, 0) is 19.1 Å². The number of amides is 4. The average molecular weight is 650 g/mol. The highest BCUT2D eigenvalue weighted by Gasteiger charge is 2.40. The molecule has 11 heteroatoms. The molecule has 47 heavy (non-hydrogen) atoms. The van der Waals surface area contributed by atoms with Crippen LogP contribution < -0.4 is 20.3 Å². The zero-order valence-electron chi connectivity index (χ0n) is 25.6. The van der Waals surface area contributed by atoms with E-state index in [1.807, 2.05) is 19.1 Å². The number of para-hydroxylation sites is 1. The Balaban J connectivity index is 1.28. The van der Waals surface area contributed by atoms with Crippen molar-refractivity contribution in [2.75, 3.05) is 23.9 Å². The molecule has 1 saturated heterocycles. The van der Waals surface area contributed by atoms with Gasteiger partial charge in [-0.1, -0.05) is 36.4 Å². The molecule has 0 radical (unpaired) electrons. The third-order valence-electron chi connectivity index (χ3n) is 7.09. The number of imide groups is 1. The van der Waals surface area contributed by atoms with Gasteiger partial charge in [-0.15, -0.1) is 11.8 Å². The lowest BCUT2D eigenvalue weighted by molar-refractivity contribution is -0.121. The fraction of sp³-hybridized carbons (Fsp3) is 0.139. The highest BCUT2D eigenvalue weighted by atomic mass is 32.2. The second kappa shape index (κ2) is 15.1. The van der Waals surface area contributed by atoms with Crippen molar-refractivity contribution in [3.8, 4) is 5.75 Å². The summed E-state index contributed by atoms with van der Waals surface area (Å²) in [6, 6.07) is 28.7. The number of methoxy groups -OCH3 is 1. The number of ether oxygens (including phenoxy) is 2. The molecule has 0 saturated carbocycles. The summed E-state index contributed by atoms with van der Waals surface area (Å²) in [4.78, 5) is 66.0. The highest BCUT2D eigenvalue weighted by molar-refractivity contribution is 8.00. The summed E-state index contributed by atoms with van der Waals surface area (Å²) in [5.74, 6) is -1.65. The van der Waals surface area contributed by atoms with Gasteiger partial charge in [0.2, 0.25) is 11.8 Å². The lowest BCUT2D eigenvalue weighted by atomic mass is 10.1. The summed E-state index contributed by atoms with van der Waals surface area (Å²) in [5.41, 5.74) is 2.16. The van der Waals surface area contributed by atoms with Gasteiger partial charge in [0.05, 0.1) is 30.2 Å². The number of nitrogens with zero attached hydrogens (tertiary/aromatic N) is 1. The zero-order chi connectivity index (χ0) is 33.3. The summed E-state index contributed by atoms with van der Waals surface area (Å²) < 4.78 is 10.4. The number of benzene rings is 4. The molecule has 1 aliphatic rings. The third-order valence-corrected chi connectivity index (χ3v) is 8.29. The number of nitrogens with one attached hydrogen (secondary N) is 2. The molecule has 238 valence electrons. The summed E-state index contributed by atoms with van der Waals surface area (Å²) in [7, 11) is 1.28. The average Bonchev–Trinajstić information content (AvgIpc) is 3.37. The second-order valence-corrected chi connectivity index (χ2v) is 11.5. The van der Waals surface area contributed by atoms with Gasteiger partial charge in [0.15, 0.2) is 0 Å². The van der Waals surface area contributed by atoms with E-state index < -0.39 is 23.0 Å². The number of hydrogen-bond acceptors (Lipinski definition) is 8. The monoisotopic (exact) mass is 649 g/mol. The molecule has 4 aromatic rings. The van der Waals surface area contributed by atoms with Crippen LogP contribution in [0.2, 0.25) is 0 Å². The molecule has 0 aromatic heterocycles. The fourth-order valence-electron chi connectivity index (χ4n) is 4.80. The maximum absolute atomic E-state index is 13.5. The molecule has 2 N–H and O–H groups in total. The van der Waals surface area contributed by atoms with Gasteiger partial charge in [-0.3, -0.25) is 19.2 Å². The number of hydrogen-bond donors (Lipinski definition) is 2. The van der Waals surface area contributed by atoms with Gasteiger partial charge in [0, 0.05) is 28.1 Å². The van der Waals surface area contributed by atoms with E-state index in [1.165, 1.54) is 43.1 Å². The first-order valence-corrected chi connectivity index (χ1v) is 15.6. The minimum absolute atomic E-state index is 0.0131. The van der Waals surface area contributed by atoms with E-state index in [1.54, 1.807) is 72.8 Å². The van der Waals surface area contributed by atoms with Crippen molar-refractivity contribution in [2.24, 2.45) is 0 Å². The molecular formula is C36H31N3O7S. The molecule has 4 aromatic carbocycles. The van der Waals surface area contributed by atoms with E-state index in [2.05, 4.69) is 10.6 Å². The molecule has 0 aliphatic carbocycles. The van der Waals surface area contributed by atoms with Crippen LogP contribution in [-0.4, -0.2) is 48.6 Å². The molecule has 10 nitrogen and oxygen atoms in total. The second-order valence-electron chi connectivity index (χ2n) is 10.2. The molecule has 1 atom stereocenters. The van der Waals surface area contributed by atoms with E-state index in [4.69, 9.17) is 9.47 Å². The van der Waals surface area contributed by atoms with E-state index in [-0.39, 0.29) is 23.9 Å². The molecule has 0 spiro atoms. The first kappa shape index (κ1) is 32.7. The Morgan fingerprint density at radius 1 is 0.872 bits per heavy atom. The van der Waals surface area contributed by atoms with Crippen LogP contribution >= 0.6 is 11.8 Å². The maximum Gasteiger partial charge on any atom is 0.337 e. The first-order valence-electron chi connectivity index (χ1n) is 14.7. The van der Waals surface area contributed by atoms with Crippen LogP contribution in [0.5, 0.6) is 5.75 Å². The molecule has 0 bridgehead atoms. The molecule has 1 unspecified atom stereocenters. The number of carbonyl (C=O) groups is 5. The lowest BCUT2D eigenvalue weighted by Gasteiger charge is -2.15. The number of rotatable bonds is 11. The largest absolute Gasteiger partial charge is 0.493 e. The number of anilines is 2. The van der Waals surface area contributed by atoms with Gasteiger partial charge in [-0.2, -0.15) is 0 Å². The van der Waals surface area contributed by atoms with Crippen molar-refractivity contribution >= 4 is 58.8 Å². The molecular weight excluding hydrogens is 618 g/mol. The Hall–Kier alpha value is -5.68. The zero-order valence-corrected chi connectivity index (χ0v) is 26.4. The predicted molar refractivity (Wildman–Crippen MR) is 179 cm³/mol. The minimum Gasteiger partial charge on any atom is -0.493 e. The number of thioether (sulfide) groups is 1. The van der Waals surface area contributed by atoms with Crippen LogP contribution in [0.1, 0.15) is 39.6 Å². The maximum atomic E-state index is 13.5. The van der Waals surface area contributed by atoms with Gasteiger partial charge in [-0.25, -0.2) is 9.69 Å². The molecule has 1 fully saturated rings. The van der Waals surface area contributed by atoms with E-state index in [0.29, 0.717) is 40.4 Å². The van der Waals surface area contributed by atoms with Crippen LogP contribution in [0.4, 0.5) is 11.4 Å². The molecule has 1 heterocycles. The summed E-state index contributed by atoms with van der Waals surface area (Å²) in [5, 5.41) is 4.90. The summed E-state index contributed by atoms with van der Waals surface area (Å²) >= 11 is 1.24. The van der Waals surface area contributed by atoms with Crippen LogP contribution in [0, 0.1) is 0 Å². The van der Waals surface area contributed by atoms with Crippen molar-refractivity contribution in [3.05, 3.63) is 126 Å². The Bertz CT molecular complexity index is 1820. The van der Waals surface area contributed by atoms with Gasteiger partial charge < -0.3 is 20.1 Å². The van der Waals surface area contributed by atoms with E-state index in [9.17, 15) is 24.0 Å². The van der Waals surface area contributed by atoms with Crippen LogP contribution in [0.25, 0.3) is 6.08 Å². The van der Waals surface area contributed by atoms with Crippen molar-refractivity contribution in [2.45, 2.75) is 23.5 Å². The van der Waals surface area contributed by atoms with E-state index >= 15 is 0 Å². The van der Waals surface area contributed by atoms with Gasteiger partial charge in [0.1, 0.15) is 11.4 Å². The quantitative estimate of drug-likeness (QED) is 0.120. The highest BCUT2D eigenvalue weighted by Crippen LogP contribution is 2.34. The summed E-state index contributed by atoms with van der Waals surface area (Å²) in [6.45, 7) is 2.28.